The van der Waals surface area contributed by atoms with Gasteiger partial charge in [-0.2, -0.15) is 0 Å². The van der Waals surface area contributed by atoms with Crippen LogP contribution in [0.15, 0.2) is 35.2 Å². The summed E-state index contributed by atoms with van der Waals surface area (Å²) in [6.07, 6.45) is 6.70. The third kappa shape index (κ3) is 3.92. The highest BCUT2D eigenvalue weighted by Crippen LogP contribution is 2.46. The maximum absolute atomic E-state index is 13.3. The van der Waals surface area contributed by atoms with Gasteiger partial charge in [0.15, 0.2) is 0 Å². The van der Waals surface area contributed by atoms with E-state index in [1.165, 1.54) is 17.7 Å². The Balaban J connectivity index is 1.67. The van der Waals surface area contributed by atoms with E-state index in [1.807, 2.05) is 24.9 Å². The molecular formula is C19H28N2OS. The van der Waals surface area contributed by atoms with Gasteiger partial charge in [-0.25, -0.2) is 0 Å². The lowest BCUT2D eigenvalue weighted by molar-refractivity contribution is -0.135. The minimum atomic E-state index is -0.211. The number of amides is 1. The lowest BCUT2D eigenvalue weighted by Gasteiger charge is -2.38. The third-order valence-corrected chi connectivity index (χ3v) is 6.73. The second kappa shape index (κ2) is 7.71. The van der Waals surface area contributed by atoms with Crippen LogP contribution in [-0.4, -0.2) is 42.2 Å². The number of nitrogens with one attached hydrogen (secondary N) is 1. The van der Waals surface area contributed by atoms with Crippen LogP contribution in [-0.2, 0) is 4.79 Å². The van der Waals surface area contributed by atoms with Crippen LogP contribution in [0.3, 0.4) is 0 Å². The molecule has 0 radical (unpaired) electrons. The Bertz CT molecular complexity index is 505. The molecular weight excluding hydrogens is 304 g/mol. The molecule has 1 N–H and O–H groups in total. The number of benzene rings is 1. The van der Waals surface area contributed by atoms with Crippen LogP contribution in [0.5, 0.6) is 0 Å². The first-order chi connectivity index (χ1) is 11.2. The molecule has 0 bridgehead atoms. The number of rotatable bonds is 5. The number of nitrogens with zero attached hydrogens (tertiary/aromatic N) is 1. The fourth-order valence-electron chi connectivity index (χ4n) is 3.94. The van der Waals surface area contributed by atoms with Gasteiger partial charge in [0.05, 0.1) is 4.75 Å². The van der Waals surface area contributed by atoms with Crippen molar-refractivity contribution in [2.45, 2.75) is 48.2 Å². The third-order valence-electron chi connectivity index (χ3n) is 5.25. The molecule has 1 saturated carbocycles. The molecule has 1 amide bonds. The van der Waals surface area contributed by atoms with Crippen molar-refractivity contribution in [1.29, 1.82) is 0 Å². The summed E-state index contributed by atoms with van der Waals surface area (Å²) in [6, 6.07) is 10.4. The molecule has 0 unspecified atom stereocenters. The second-order valence-corrected chi connectivity index (χ2v) is 8.37. The van der Waals surface area contributed by atoms with Crippen molar-refractivity contribution >= 4 is 17.7 Å². The van der Waals surface area contributed by atoms with Crippen molar-refractivity contribution in [1.82, 2.24) is 10.2 Å². The van der Waals surface area contributed by atoms with Gasteiger partial charge in [0.2, 0.25) is 5.91 Å². The topological polar surface area (TPSA) is 32.3 Å². The van der Waals surface area contributed by atoms with E-state index in [9.17, 15) is 4.79 Å². The number of carbonyl (C=O) groups excluding carboxylic acids is 1. The first kappa shape index (κ1) is 16.8. The monoisotopic (exact) mass is 332 g/mol. The molecule has 0 atom stereocenters. The van der Waals surface area contributed by atoms with Crippen molar-refractivity contribution < 1.29 is 4.79 Å². The Morgan fingerprint density at radius 1 is 1.22 bits per heavy atom. The molecule has 4 heteroatoms. The number of carbonyl (C=O) groups is 1. The standard InChI is InChI=1S/C19H28N2OS/c1-20-15-16-9-13-21(14-10-16)18(22)19(11-5-6-12-19)23-17-7-3-2-4-8-17/h2-4,7-8,16,20H,5-6,9-15H2,1H3. The number of hydrogen-bond acceptors (Lipinski definition) is 3. The molecule has 0 aromatic heterocycles. The van der Waals surface area contributed by atoms with Crippen molar-refractivity contribution in [3.8, 4) is 0 Å². The molecule has 126 valence electrons. The molecule has 2 fully saturated rings. The SMILES string of the molecule is CNCC1CCN(C(=O)C2(Sc3ccccc3)CCCC2)CC1. The average Bonchev–Trinajstić information content (AvgIpc) is 3.06. The van der Waals surface area contributed by atoms with E-state index in [-0.39, 0.29) is 4.75 Å². The molecule has 23 heavy (non-hydrogen) atoms. The fourth-order valence-corrected chi connectivity index (χ4v) is 5.39. The van der Waals surface area contributed by atoms with Gasteiger partial charge in [-0.15, -0.1) is 11.8 Å². The zero-order chi connectivity index (χ0) is 16.1. The van der Waals surface area contributed by atoms with E-state index in [0.717, 1.165) is 51.2 Å². The highest BCUT2D eigenvalue weighted by atomic mass is 32.2. The predicted octanol–water partition coefficient (Wildman–Crippen LogP) is 3.55. The van der Waals surface area contributed by atoms with Crippen LogP contribution in [0.1, 0.15) is 38.5 Å². The summed E-state index contributed by atoms with van der Waals surface area (Å²) in [7, 11) is 2.02. The molecule has 1 aromatic rings. The fraction of sp³-hybridized carbons (Fsp3) is 0.632. The minimum Gasteiger partial charge on any atom is -0.341 e. The van der Waals surface area contributed by atoms with Gasteiger partial charge in [0.1, 0.15) is 0 Å². The van der Waals surface area contributed by atoms with E-state index < -0.39 is 0 Å². The van der Waals surface area contributed by atoms with Gasteiger partial charge in [-0.3, -0.25) is 4.79 Å². The van der Waals surface area contributed by atoms with Crippen molar-refractivity contribution in [3.05, 3.63) is 30.3 Å². The Morgan fingerprint density at radius 2 is 1.87 bits per heavy atom. The molecule has 1 aromatic carbocycles. The summed E-state index contributed by atoms with van der Waals surface area (Å²) in [6.45, 7) is 2.94. The molecule has 1 aliphatic carbocycles. The summed E-state index contributed by atoms with van der Waals surface area (Å²) in [4.78, 5) is 16.7. The first-order valence-corrected chi connectivity index (χ1v) is 9.73. The average molecular weight is 333 g/mol. The van der Waals surface area contributed by atoms with Crippen molar-refractivity contribution in [3.63, 3.8) is 0 Å². The van der Waals surface area contributed by atoms with Gasteiger partial charge in [-0.1, -0.05) is 31.0 Å². The van der Waals surface area contributed by atoms with E-state index in [1.54, 1.807) is 0 Å². The van der Waals surface area contributed by atoms with Crippen LogP contribution in [0.25, 0.3) is 0 Å². The predicted molar refractivity (Wildman–Crippen MR) is 96.7 cm³/mol. The molecule has 1 saturated heterocycles. The van der Waals surface area contributed by atoms with E-state index in [2.05, 4.69) is 34.5 Å². The Hall–Kier alpha value is -1.00. The number of thioether (sulfide) groups is 1. The van der Waals surface area contributed by atoms with E-state index in [0.29, 0.717) is 5.91 Å². The highest BCUT2D eigenvalue weighted by molar-refractivity contribution is 8.01. The Kier molecular flexibility index (Phi) is 5.65. The molecule has 1 heterocycles. The minimum absolute atomic E-state index is 0.211. The highest BCUT2D eigenvalue weighted by Gasteiger charge is 2.45. The zero-order valence-electron chi connectivity index (χ0n) is 14.1. The maximum Gasteiger partial charge on any atom is 0.239 e. The summed E-state index contributed by atoms with van der Waals surface area (Å²) >= 11 is 1.81. The molecule has 0 spiro atoms. The largest absolute Gasteiger partial charge is 0.341 e. The zero-order valence-corrected chi connectivity index (χ0v) is 14.9. The number of piperidine rings is 1. The molecule has 3 rings (SSSR count). The summed E-state index contributed by atoms with van der Waals surface area (Å²) < 4.78 is -0.211. The normalized spacial score (nSPS) is 21.5. The maximum atomic E-state index is 13.3. The van der Waals surface area contributed by atoms with Crippen molar-refractivity contribution in [2.24, 2.45) is 5.92 Å². The van der Waals surface area contributed by atoms with Gasteiger partial charge >= 0.3 is 0 Å². The first-order valence-electron chi connectivity index (χ1n) is 8.91. The summed E-state index contributed by atoms with van der Waals surface area (Å²) in [5.41, 5.74) is 0. The van der Waals surface area contributed by atoms with Gasteiger partial charge in [0, 0.05) is 18.0 Å². The van der Waals surface area contributed by atoms with Crippen LogP contribution in [0.4, 0.5) is 0 Å². The lowest BCUT2D eigenvalue weighted by Crippen LogP contribution is -2.49. The lowest BCUT2D eigenvalue weighted by atomic mass is 9.95. The van der Waals surface area contributed by atoms with E-state index in [4.69, 9.17) is 0 Å². The van der Waals surface area contributed by atoms with E-state index >= 15 is 0 Å². The molecule has 1 aliphatic heterocycles. The smallest absolute Gasteiger partial charge is 0.239 e. The molecule has 3 nitrogen and oxygen atoms in total. The van der Waals surface area contributed by atoms with Gasteiger partial charge in [0.25, 0.3) is 0 Å². The number of hydrogen-bond donors (Lipinski definition) is 1. The van der Waals surface area contributed by atoms with Gasteiger partial charge < -0.3 is 10.2 Å². The van der Waals surface area contributed by atoms with Crippen LogP contribution >= 0.6 is 11.8 Å². The summed E-state index contributed by atoms with van der Waals surface area (Å²) in [5.74, 6) is 1.12. The van der Waals surface area contributed by atoms with Crippen molar-refractivity contribution in [2.75, 3.05) is 26.7 Å². The van der Waals surface area contributed by atoms with Crippen LogP contribution in [0.2, 0.25) is 0 Å². The number of likely N-dealkylation sites (tertiary alicyclic amines) is 1. The van der Waals surface area contributed by atoms with Crippen LogP contribution < -0.4 is 5.32 Å². The summed E-state index contributed by atoms with van der Waals surface area (Å²) in [5, 5.41) is 3.27. The quantitative estimate of drug-likeness (QED) is 0.895. The van der Waals surface area contributed by atoms with Gasteiger partial charge in [-0.05, 0) is 57.3 Å². The Morgan fingerprint density at radius 3 is 2.48 bits per heavy atom. The second-order valence-electron chi connectivity index (χ2n) is 6.91. The Labute approximate surface area is 144 Å². The van der Waals surface area contributed by atoms with Crippen LogP contribution in [0, 0.1) is 5.92 Å². The molecule has 2 aliphatic rings.